The second-order valence-corrected chi connectivity index (χ2v) is 5.93. The zero-order valence-corrected chi connectivity index (χ0v) is 11.9. The average molecular weight is 285 g/mol. The highest BCUT2D eigenvalue weighted by Crippen LogP contribution is 2.35. The molecule has 0 aliphatic carbocycles. The van der Waals surface area contributed by atoms with Crippen LogP contribution >= 0.6 is 0 Å². The molecule has 0 saturated carbocycles. The largest absolute Gasteiger partial charge is 0.487 e. The van der Waals surface area contributed by atoms with Crippen molar-refractivity contribution in [3.8, 4) is 5.75 Å². The molecule has 0 unspecified atom stereocenters. The molecule has 0 aromatic heterocycles. The third-order valence-electron chi connectivity index (χ3n) is 3.56. The average Bonchev–Trinajstić information content (AvgIpc) is 2.70. The van der Waals surface area contributed by atoms with Gasteiger partial charge in [-0.05, 0) is 55.8 Å². The Morgan fingerprint density at radius 2 is 2.00 bits per heavy atom. The van der Waals surface area contributed by atoms with Gasteiger partial charge in [-0.3, -0.25) is 4.79 Å². The highest BCUT2D eigenvalue weighted by Gasteiger charge is 2.30. The molecule has 3 nitrogen and oxygen atoms in total. The lowest BCUT2D eigenvalue weighted by Crippen LogP contribution is -2.24. The Morgan fingerprint density at radius 3 is 2.71 bits per heavy atom. The number of hydrogen-bond donors (Lipinski definition) is 1. The number of carbonyl (C=O) groups is 1. The van der Waals surface area contributed by atoms with Crippen molar-refractivity contribution in [2.24, 2.45) is 0 Å². The van der Waals surface area contributed by atoms with E-state index in [2.05, 4.69) is 0 Å². The number of nitrogens with two attached hydrogens (primary N) is 1. The van der Waals surface area contributed by atoms with Crippen molar-refractivity contribution >= 4 is 11.5 Å². The van der Waals surface area contributed by atoms with Crippen LogP contribution in [0.5, 0.6) is 5.75 Å². The number of rotatable bonds is 2. The van der Waals surface area contributed by atoms with Crippen molar-refractivity contribution in [1.82, 2.24) is 0 Å². The summed E-state index contributed by atoms with van der Waals surface area (Å²) in [6, 6.07) is 9.32. The van der Waals surface area contributed by atoms with Crippen LogP contribution in [0.2, 0.25) is 0 Å². The highest BCUT2D eigenvalue weighted by molar-refractivity contribution is 6.09. The summed E-state index contributed by atoms with van der Waals surface area (Å²) in [6.45, 7) is 3.99. The van der Waals surface area contributed by atoms with Crippen molar-refractivity contribution in [3.05, 3.63) is 58.9 Å². The molecular formula is C17H16FNO2. The monoisotopic (exact) mass is 285 g/mol. The zero-order chi connectivity index (χ0) is 15.2. The summed E-state index contributed by atoms with van der Waals surface area (Å²) >= 11 is 0. The van der Waals surface area contributed by atoms with Gasteiger partial charge in [-0.1, -0.05) is 0 Å². The second-order valence-electron chi connectivity index (χ2n) is 5.93. The zero-order valence-electron chi connectivity index (χ0n) is 11.9. The fourth-order valence-electron chi connectivity index (χ4n) is 2.62. The molecule has 3 rings (SSSR count). The topological polar surface area (TPSA) is 52.3 Å². The van der Waals surface area contributed by atoms with Gasteiger partial charge in [0.15, 0.2) is 5.78 Å². The van der Waals surface area contributed by atoms with Gasteiger partial charge in [-0.15, -0.1) is 0 Å². The van der Waals surface area contributed by atoms with Gasteiger partial charge in [0.25, 0.3) is 0 Å². The van der Waals surface area contributed by atoms with E-state index in [1.54, 1.807) is 18.2 Å². The van der Waals surface area contributed by atoms with Gasteiger partial charge in [-0.25, -0.2) is 4.39 Å². The molecule has 21 heavy (non-hydrogen) atoms. The number of fused-ring (bicyclic) bond motifs is 1. The molecule has 1 aliphatic heterocycles. The SMILES string of the molecule is CC1(C)Cc2cc(C(=O)c3ccc(N)cc3F)ccc2O1. The van der Waals surface area contributed by atoms with Crippen LogP contribution in [0.4, 0.5) is 10.1 Å². The molecule has 2 N–H and O–H groups in total. The van der Waals surface area contributed by atoms with Gasteiger partial charge in [0.05, 0.1) is 5.56 Å². The molecule has 0 bridgehead atoms. The van der Waals surface area contributed by atoms with Crippen LogP contribution in [0.25, 0.3) is 0 Å². The maximum absolute atomic E-state index is 13.9. The van der Waals surface area contributed by atoms with Crippen LogP contribution in [0.1, 0.15) is 35.3 Å². The molecule has 2 aromatic carbocycles. The van der Waals surface area contributed by atoms with E-state index in [1.807, 2.05) is 13.8 Å². The van der Waals surface area contributed by atoms with Crippen LogP contribution in [-0.2, 0) is 6.42 Å². The van der Waals surface area contributed by atoms with E-state index in [0.717, 1.165) is 23.8 Å². The van der Waals surface area contributed by atoms with Crippen LogP contribution in [-0.4, -0.2) is 11.4 Å². The standard InChI is InChI=1S/C17H16FNO2/c1-17(2)9-11-7-10(3-6-15(11)21-17)16(20)13-5-4-12(19)8-14(13)18/h3-8H,9,19H2,1-2H3. The number of ketones is 1. The first-order valence-corrected chi connectivity index (χ1v) is 6.77. The van der Waals surface area contributed by atoms with Gasteiger partial charge in [0.2, 0.25) is 0 Å². The van der Waals surface area contributed by atoms with E-state index in [-0.39, 0.29) is 16.9 Å². The molecule has 0 spiro atoms. The van der Waals surface area contributed by atoms with Gasteiger partial charge >= 0.3 is 0 Å². The molecule has 4 heteroatoms. The molecule has 0 amide bonds. The smallest absolute Gasteiger partial charge is 0.195 e. The lowest BCUT2D eigenvalue weighted by atomic mass is 9.97. The fraction of sp³-hybridized carbons (Fsp3) is 0.235. The summed E-state index contributed by atoms with van der Waals surface area (Å²) < 4.78 is 19.6. The summed E-state index contributed by atoms with van der Waals surface area (Å²) in [5.74, 6) is -0.161. The first-order chi connectivity index (χ1) is 9.85. The number of benzene rings is 2. The minimum absolute atomic E-state index is 0.0299. The minimum Gasteiger partial charge on any atom is -0.487 e. The van der Waals surface area contributed by atoms with Crippen molar-refractivity contribution in [2.75, 3.05) is 5.73 Å². The molecule has 0 saturated heterocycles. The van der Waals surface area contributed by atoms with Gasteiger partial charge in [-0.2, -0.15) is 0 Å². The number of carbonyl (C=O) groups excluding carboxylic acids is 1. The molecule has 1 heterocycles. The van der Waals surface area contributed by atoms with E-state index in [0.29, 0.717) is 11.3 Å². The minimum atomic E-state index is -0.600. The van der Waals surface area contributed by atoms with Crippen molar-refractivity contribution < 1.29 is 13.9 Å². The van der Waals surface area contributed by atoms with Crippen LogP contribution in [0.15, 0.2) is 36.4 Å². The van der Waals surface area contributed by atoms with Crippen LogP contribution in [0.3, 0.4) is 0 Å². The quantitative estimate of drug-likeness (QED) is 0.680. The summed E-state index contributed by atoms with van der Waals surface area (Å²) in [4.78, 5) is 12.4. The van der Waals surface area contributed by atoms with Crippen LogP contribution < -0.4 is 10.5 Å². The maximum Gasteiger partial charge on any atom is 0.195 e. The Kier molecular flexibility index (Phi) is 2.97. The molecule has 1 aliphatic rings. The number of nitrogen functional groups attached to an aromatic ring is 1. The third-order valence-corrected chi connectivity index (χ3v) is 3.56. The van der Waals surface area contributed by atoms with E-state index < -0.39 is 5.82 Å². The van der Waals surface area contributed by atoms with Gasteiger partial charge in [0.1, 0.15) is 17.2 Å². The van der Waals surface area contributed by atoms with Crippen molar-refractivity contribution in [1.29, 1.82) is 0 Å². The predicted molar refractivity (Wildman–Crippen MR) is 79.1 cm³/mol. The Balaban J connectivity index is 1.97. The first-order valence-electron chi connectivity index (χ1n) is 6.77. The highest BCUT2D eigenvalue weighted by atomic mass is 19.1. The number of ether oxygens (including phenoxy) is 1. The molecular weight excluding hydrogens is 269 g/mol. The van der Waals surface area contributed by atoms with Gasteiger partial charge < -0.3 is 10.5 Å². The summed E-state index contributed by atoms with van der Waals surface area (Å²) in [5.41, 5.74) is 6.99. The Morgan fingerprint density at radius 1 is 1.24 bits per heavy atom. The van der Waals surface area contributed by atoms with Crippen molar-refractivity contribution in [3.63, 3.8) is 0 Å². The predicted octanol–water partition coefficient (Wildman–Crippen LogP) is 3.35. The lowest BCUT2D eigenvalue weighted by Gasteiger charge is -2.16. The van der Waals surface area contributed by atoms with Gasteiger partial charge in [0, 0.05) is 17.7 Å². The number of hydrogen-bond acceptors (Lipinski definition) is 3. The molecule has 108 valence electrons. The Hall–Kier alpha value is -2.36. The Labute approximate surface area is 122 Å². The van der Waals surface area contributed by atoms with E-state index in [9.17, 15) is 9.18 Å². The molecule has 0 atom stereocenters. The normalized spacial score (nSPS) is 15.4. The molecule has 2 aromatic rings. The first kappa shape index (κ1) is 13.6. The van der Waals surface area contributed by atoms with Crippen molar-refractivity contribution in [2.45, 2.75) is 25.9 Å². The maximum atomic E-state index is 13.9. The summed E-state index contributed by atoms with van der Waals surface area (Å²) in [6.07, 6.45) is 0.730. The Bertz CT molecular complexity index is 738. The summed E-state index contributed by atoms with van der Waals surface area (Å²) in [5, 5.41) is 0. The van der Waals surface area contributed by atoms with E-state index >= 15 is 0 Å². The number of anilines is 1. The van der Waals surface area contributed by atoms with Crippen LogP contribution in [0, 0.1) is 5.82 Å². The third kappa shape index (κ3) is 2.49. The second kappa shape index (κ2) is 4.58. The van der Waals surface area contributed by atoms with E-state index in [1.165, 1.54) is 12.1 Å². The number of halogens is 1. The lowest BCUT2D eigenvalue weighted by molar-refractivity contribution is 0.103. The van der Waals surface area contributed by atoms with E-state index in [4.69, 9.17) is 10.5 Å². The molecule has 0 fully saturated rings. The fourth-order valence-corrected chi connectivity index (χ4v) is 2.62. The summed E-state index contributed by atoms with van der Waals surface area (Å²) in [7, 11) is 0. The molecule has 0 radical (unpaired) electrons.